The zero-order chi connectivity index (χ0) is 13.9. The number of benzene rings is 1. The van der Waals surface area contributed by atoms with E-state index >= 15 is 0 Å². The van der Waals surface area contributed by atoms with Crippen molar-refractivity contribution < 1.29 is 4.39 Å². The number of halogens is 1. The molecule has 3 heteroatoms. The third kappa shape index (κ3) is 1.65. The number of nitrogens with two attached hydrogens (primary N) is 1. The standard InChI is InChI=1S/C17H17FN2/c1-9-4-10-6-11(5-9)16-15(7-10)20-14-8-12(18)2-3-13(14)17(16)19/h2-4,8,10-11H,5-7H2,1H3,(H2,19,20)/t10-,11+/m0/s1. The van der Waals surface area contributed by atoms with E-state index in [4.69, 9.17) is 10.7 Å². The molecule has 0 saturated heterocycles. The zero-order valence-corrected chi connectivity index (χ0v) is 11.5. The van der Waals surface area contributed by atoms with Gasteiger partial charge in [-0.3, -0.25) is 4.98 Å². The van der Waals surface area contributed by atoms with Crippen LogP contribution in [0.3, 0.4) is 0 Å². The lowest BCUT2D eigenvalue weighted by molar-refractivity contribution is 0.433. The van der Waals surface area contributed by atoms with Gasteiger partial charge in [0.15, 0.2) is 0 Å². The Labute approximate surface area is 117 Å². The number of rotatable bonds is 0. The number of anilines is 1. The van der Waals surface area contributed by atoms with E-state index in [0.717, 1.165) is 29.6 Å². The summed E-state index contributed by atoms with van der Waals surface area (Å²) >= 11 is 0. The summed E-state index contributed by atoms with van der Waals surface area (Å²) in [6.45, 7) is 2.20. The van der Waals surface area contributed by atoms with Crippen LogP contribution in [0.5, 0.6) is 0 Å². The van der Waals surface area contributed by atoms with E-state index in [1.165, 1.54) is 29.7 Å². The summed E-state index contributed by atoms with van der Waals surface area (Å²) in [6, 6.07) is 4.70. The molecule has 0 unspecified atom stereocenters. The van der Waals surface area contributed by atoms with Gasteiger partial charge in [0.1, 0.15) is 5.82 Å². The van der Waals surface area contributed by atoms with E-state index in [0.29, 0.717) is 17.4 Å². The highest BCUT2D eigenvalue weighted by Crippen LogP contribution is 2.46. The first-order chi connectivity index (χ1) is 9.61. The Morgan fingerprint density at radius 2 is 2.15 bits per heavy atom. The summed E-state index contributed by atoms with van der Waals surface area (Å²) in [7, 11) is 0. The fourth-order valence-corrected chi connectivity index (χ4v) is 3.93. The second kappa shape index (κ2) is 4.05. The molecule has 2 aliphatic carbocycles. The third-order valence-corrected chi connectivity index (χ3v) is 4.65. The first kappa shape index (κ1) is 11.9. The third-order valence-electron chi connectivity index (χ3n) is 4.65. The molecule has 0 fully saturated rings. The van der Waals surface area contributed by atoms with Crippen LogP contribution in [0.25, 0.3) is 10.9 Å². The number of fused-ring (bicyclic) bond motifs is 5. The number of nitrogen functional groups attached to an aromatic ring is 1. The first-order valence-electron chi connectivity index (χ1n) is 7.16. The minimum Gasteiger partial charge on any atom is -0.398 e. The van der Waals surface area contributed by atoms with Gasteiger partial charge in [-0.25, -0.2) is 4.39 Å². The number of allylic oxidation sites excluding steroid dienone is 2. The van der Waals surface area contributed by atoms with E-state index in [2.05, 4.69) is 13.0 Å². The number of nitrogens with zero attached hydrogens (tertiary/aromatic N) is 1. The lowest BCUT2D eigenvalue weighted by Crippen LogP contribution is -2.24. The van der Waals surface area contributed by atoms with E-state index in [1.54, 1.807) is 6.07 Å². The van der Waals surface area contributed by atoms with Gasteiger partial charge in [-0.05, 0) is 50.2 Å². The molecule has 2 nitrogen and oxygen atoms in total. The van der Waals surface area contributed by atoms with Crippen LogP contribution in [0.15, 0.2) is 29.8 Å². The Balaban J connectivity index is 1.97. The summed E-state index contributed by atoms with van der Waals surface area (Å²) in [4.78, 5) is 4.70. The van der Waals surface area contributed by atoms with Gasteiger partial charge in [-0.1, -0.05) is 11.6 Å². The van der Waals surface area contributed by atoms with Crippen molar-refractivity contribution in [3.63, 3.8) is 0 Å². The van der Waals surface area contributed by atoms with Gasteiger partial charge < -0.3 is 5.73 Å². The lowest BCUT2D eigenvalue weighted by Gasteiger charge is -2.35. The number of aromatic nitrogens is 1. The molecule has 2 N–H and O–H groups in total. The Morgan fingerprint density at radius 3 is 3.00 bits per heavy atom. The molecule has 2 atom stereocenters. The van der Waals surface area contributed by atoms with Crippen LogP contribution < -0.4 is 5.73 Å². The molecule has 0 spiro atoms. The second-order valence-corrected chi connectivity index (χ2v) is 6.16. The average molecular weight is 268 g/mol. The van der Waals surface area contributed by atoms with Gasteiger partial charge >= 0.3 is 0 Å². The minimum atomic E-state index is -0.254. The molecule has 20 heavy (non-hydrogen) atoms. The van der Waals surface area contributed by atoms with Crippen molar-refractivity contribution in [3.05, 3.63) is 46.9 Å². The summed E-state index contributed by atoms with van der Waals surface area (Å²) in [6.07, 6.45) is 5.54. The van der Waals surface area contributed by atoms with E-state index in [1.807, 2.05) is 0 Å². The summed E-state index contributed by atoms with van der Waals surface area (Å²) in [5, 5.41) is 0.885. The molecule has 2 bridgehead atoms. The first-order valence-corrected chi connectivity index (χ1v) is 7.16. The Bertz CT molecular complexity index is 748. The molecule has 102 valence electrons. The Hall–Kier alpha value is -1.90. The van der Waals surface area contributed by atoms with Gasteiger partial charge in [0.25, 0.3) is 0 Å². The number of pyridine rings is 1. The van der Waals surface area contributed by atoms with Crippen LogP contribution in [0.2, 0.25) is 0 Å². The van der Waals surface area contributed by atoms with Gasteiger partial charge in [0.2, 0.25) is 0 Å². The highest BCUT2D eigenvalue weighted by molar-refractivity contribution is 5.92. The maximum Gasteiger partial charge on any atom is 0.125 e. The summed E-state index contributed by atoms with van der Waals surface area (Å²) in [5.41, 5.74) is 11.6. The van der Waals surface area contributed by atoms with Crippen molar-refractivity contribution in [3.8, 4) is 0 Å². The molecule has 0 aliphatic heterocycles. The van der Waals surface area contributed by atoms with Crippen molar-refractivity contribution in [1.82, 2.24) is 4.98 Å². The monoisotopic (exact) mass is 268 g/mol. The summed E-state index contributed by atoms with van der Waals surface area (Å²) < 4.78 is 13.4. The van der Waals surface area contributed by atoms with Gasteiger partial charge in [0, 0.05) is 28.4 Å². The van der Waals surface area contributed by atoms with Crippen LogP contribution in [-0.2, 0) is 6.42 Å². The fraction of sp³-hybridized carbons (Fsp3) is 0.353. The maximum absolute atomic E-state index is 13.4. The number of hydrogen-bond donors (Lipinski definition) is 1. The van der Waals surface area contributed by atoms with Gasteiger partial charge in [-0.15, -0.1) is 0 Å². The van der Waals surface area contributed by atoms with Crippen molar-refractivity contribution in [2.45, 2.75) is 32.1 Å². The van der Waals surface area contributed by atoms with Crippen LogP contribution >= 0.6 is 0 Å². The molecule has 2 aliphatic rings. The van der Waals surface area contributed by atoms with Crippen molar-refractivity contribution >= 4 is 16.6 Å². The highest BCUT2D eigenvalue weighted by Gasteiger charge is 2.32. The number of hydrogen-bond acceptors (Lipinski definition) is 2. The fourth-order valence-electron chi connectivity index (χ4n) is 3.93. The van der Waals surface area contributed by atoms with Crippen LogP contribution in [0.4, 0.5) is 10.1 Å². The molecule has 0 amide bonds. The molecule has 4 rings (SSSR count). The maximum atomic E-state index is 13.4. The second-order valence-electron chi connectivity index (χ2n) is 6.16. The SMILES string of the molecule is CC1=C[C@@H]2Cc3nc4cc(F)ccc4c(N)c3[C@H](C1)C2. The van der Waals surface area contributed by atoms with Crippen molar-refractivity contribution in [1.29, 1.82) is 0 Å². The molecule has 0 radical (unpaired) electrons. The topological polar surface area (TPSA) is 38.9 Å². The summed E-state index contributed by atoms with van der Waals surface area (Å²) in [5.74, 6) is 0.797. The lowest BCUT2D eigenvalue weighted by atomic mass is 9.71. The van der Waals surface area contributed by atoms with E-state index in [-0.39, 0.29) is 5.82 Å². The quantitative estimate of drug-likeness (QED) is 0.735. The average Bonchev–Trinajstić information content (AvgIpc) is 2.36. The molecule has 1 aromatic carbocycles. The highest BCUT2D eigenvalue weighted by atomic mass is 19.1. The largest absolute Gasteiger partial charge is 0.398 e. The van der Waals surface area contributed by atoms with Gasteiger partial charge in [-0.2, -0.15) is 0 Å². The van der Waals surface area contributed by atoms with Crippen LogP contribution in [0, 0.1) is 11.7 Å². The van der Waals surface area contributed by atoms with Crippen LogP contribution in [-0.4, -0.2) is 4.98 Å². The Kier molecular flexibility index (Phi) is 2.40. The molecular weight excluding hydrogens is 251 g/mol. The van der Waals surface area contributed by atoms with Crippen LogP contribution in [0.1, 0.15) is 36.9 Å². The smallest absolute Gasteiger partial charge is 0.125 e. The molecule has 0 saturated carbocycles. The van der Waals surface area contributed by atoms with Crippen molar-refractivity contribution in [2.75, 3.05) is 5.73 Å². The molecule has 2 aromatic rings. The minimum absolute atomic E-state index is 0.254. The van der Waals surface area contributed by atoms with Gasteiger partial charge in [0.05, 0.1) is 5.52 Å². The van der Waals surface area contributed by atoms with E-state index in [9.17, 15) is 4.39 Å². The normalized spacial score (nSPS) is 24.4. The molecule has 1 heterocycles. The predicted molar refractivity (Wildman–Crippen MR) is 79.0 cm³/mol. The Morgan fingerprint density at radius 1 is 1.30 bits per heavy atom. The van der Waals surface area contributed by atoms with E-state index < -0.39 is 0 Å². The van der Waals surface area contributed by atoms with Crippen molar-refractivity contribution in [2.24, 2.45) is 5.92 Å². The predicted octanol–water partition coefficient (Wildman–Crippen LogP) is 3.95. The zero-order valence-electron chi connectivity index (χ0n) is 11.5. The molecular formula is C17H17FN2. The molecule has 1 aromatic heterocycles.